The smallest absolute Gasteiger partial charge is 0.0934 e. The SMILES string of the molecule is Cl.Clc1ccc(C2=CCNCC2)s1. The topological polar surface area (TPSA) is 12.0 Å². The van der Waals surface area contributed by atoms with Gasteiger partial charge in [-0.15, -0.1) is 23.7 Å². The van der Waals surface area contributed by atoms with E-state index in [1.807, 2.05) is 6.07 Å². The minimum atomic E-state index is 0. The molecule has 0 bridgehead atoms. The first kappa shape index (κ1) is 11.1. The zero-order valence-corrected chi connectivity index (χ0v) is 9.44. The van der Waals surface area contributed by atoms with Gasteiger partial charge in [0, 0.05) is 11.4 Å². The minimum Gasteiger partial charge on any atom is -0.313 e. The molecule has 0 fully saturated rings. The van der Waals surface area contributed by atoms with Gasteiger partial charge in [-0.2, -0.15) is 0 Å². The van der Waals surface area contributed by atoms with E-state index < -0.39 is 0 Å². The predicted molar refractivity (Wildman–Crippen MR) is 62.0 cm³/mol. The van der Waals surface area contributed by atoms with Crippen molar-refractivity contribution in [1.29, 1.82) is 0 Å². The van der Waals surface area contributed by atoms with Crippen molar-refractivity contribution in [2.24, 2.45) is 0 Å². The minimum absolute atomic E-state index is 0. The molecule has 13 heavy (non-hydrogen) atoms. The molecule has 1 aliphatic rings. The summed E-state index contributed by atoms with van der Waals surface area (Å²) < 4.78 is 0.879. The first-order chi connectivity index (χ1) is 5.86. The summed E-state index contributed by atoms with van der Waals surface area (Å²) in [5.41, 5.74) is 1.44. The molecular weight excluding hydrogens is 225 g/mol. The molecule has 0 atom stereocenters. The van der Waals surface area contributed by atoms with Crippen molar-refractivity contribution in [1.82, 2.24) is 5.32 Å². The van der Waals surface area contributed by atoms with Crippen LogP contribution in [0.3, 0.4) is 0 Å². The van der Waals surface area contributed by atoms with Crippen molar-refractivity contribution in [2.45, 2.75) is 6.42 Å². The quantitative estimate of drug-likeness (QED) is 0.789. The number of hydrogen-bond donors (Lipinski definition) is 1. The third kappa shape index (κ3) is 2.71. The summed E-state index contributed by atoms with van der Waals surface area (Å²) >= 11 is 7.52. The molecule has 4 heteroatoms. The van der Waals surface area contributed by atoms with Gasteiger partial charge in [0.05, 0.1) is 4.34 Å². The van der Waals surface area contributed by atoms with Gasteiger partial charge in [-0.05, 0) is 30.7 Å². The summed E-state index contributed by atoms with van der Waals surface area (Å²) in [5.74, 6) is 0. The van der Waals surface area contributed by atoms with Gasteiger partial charge in [0.25, 0.3) is 0 Å². The molecule has 2 heterocycles. The Morgan fingerprint density at radius 1 is 1.38 bits per heavy atom. The van der Waals surface area contributed by atoms with Gasteiger partial charge in [0.2, 0.25) is 0 Å². The lowest BCUT2D eigenvalue weighted by atomic mass is 10.1. The Labute approximate surface area is 93.2 Å². The fourth-order valence-corrected chi connectivity index (χ4v) is 2.44. The van der Waals surface area contributed by atoms with Crippen LogP contribution in [0.5, 0.6) is 0 Å². The number of hydrogen-bond acceptors (Lipinski definition) is 2. The van der Waals surface area contributed by atoms with Gasteiger partial charge in [0.1, 0.15) is 0 Å². The Kier molecular flexibility index (Phi) is 4.26. The molecule has 1 nitrogen and oxygen atoms in total. The molecule has 2 rings (SSSR count). The molecule has 0 radical (unpaired) electrons. The van der Waals surface area contributed by atoms with Crippen LogP contribution in [0.25, 0.3) is 5.57 Å². The lowest BCUT2D eigenvalue weighted by Gasteiger charge is -2.11. The first-order valence-electron chi connectivity index (χ1n) is 4.02. The molecule has 0 unspecified atom stereocenters. The van der Waals surface area contributed by atoms with E-state index in [4.69, 9.17) is 11.6 Å². The number of halogens is 2. The van der Waals surface area contributed by atoms with Crippen LogP contribution in [0.2, 0.25) is 4.34 Å². The van der Waals surface area contributed by atoms with Gasteiger partial charge < -0.3 is 5.32 Å². The summed E-state index contributed by atoms with van der Waals surface area (Å²) in [6, 6.07) is 4.06. The summed E-state index contributed by atoms with van der Waals surface area (Å²) in [5, 5.41) is 3.29. The average molecular weight is 236 g/mol. The number of thiophene rings is 1. The molecule has 1 aromatic heterocycles. The van der Waals surface area contributed by atoms with Crippen molar-refractivity contribution >= 4 is 40.9 Å². The normalized spacial score (nSPS) is 16.2. The third-order valence-corrected chi connectivity index (χ3v) is 3.26. The molecule has 0 aliphatic carbocycles. The fourth-order valence-electron chi connectivity index (χ4n) is 1.33. The first-order valence-corrected chi connectivity index (χ1v) is 5.21. The zero-order valence-electron chi connectivity index (χ0n) is 7.05. The van der Waals surface area contributed by atoms with Crippen LogP contribution in [0.15, 0.2) is 18.2 Å². The average Bonchev–Trinajstić information content (AvgIpc) is 2.54. The van der Waals surface area contributed by atoms with Crippen LogP contribution in [0.1, 0.15) is 11.3 Å². The van der Waals surface area contributed by atoms with Gasteiger partial charge in [-0.25, -0.2) is 0 Å². The van der Waals surface area contributed by atoms with Crippen molar-refractivity contribution in [2.75, 3.05) is 13.1 Å². The predicted octanol–water partition coefficient (Wildman–Crippen LogP) is 3.20. The standard InChI is InChI=1S/C9H10ClNS.ClH/c10-9-2-1-8(12-9)7-3-5-11-6-4-7;/h1-3,11H,4-6H2;1H. The third-order valence-electron chi connectivity index (χ3n) is 1.95. The molecule has 1 N–H and O–H groups in total. The Hall–Kier alpha value is -0.0200. The highest BCUT2D eigenvalue weighted by Crippen LogP contribution is 2.29. The van der Waals surface area contributed by atoms with E-state index in [2.05, 4.69) is 17.5 Å². The Bertz CT molecular complexity index is 306. The van der Waals surface area contributed by atoms with E-state index in [0.717, 1.165) is 23.8 Å². The van der Waals surface area contributed by atoms with Gasteiger partial charge >= 0.3 is 0 Å². The van der Waals surface area contributed by atoms with Gasteiger partial charge in [0.15, 0.2) is 0 Å². The van der Waals surface area contributed by atoms with E-state index >= 15 is 0 Å². The van der Waals surface area contributed by atoms with Crippen LogP contribution in [-0.4, -0.2) is 13.1 Å². The highest BCUT2D eigenvalue weighted by atomic mass is 35.5. The Morgan fingerprint density at radius 3 is 2.77 bits per heavy atom. The van der Waals surface area contributed by atoms with Gasteiger partial charge in [-0.3, -0.25) is 0 Å². The van der Waals surface area contributed by atoms with Crippen LogP contribution >= 0.6 is 35.3 Å². The second-order valence-electron chi connectivity index (χ2n) is 2.79. The maximum absolute atomic E-state index is 5.86. The maximum Gasteiger partial charge on any atom is 0.0934 e. The van der Waals surface area contributed by atoms with E-state index in [0.29, 0.717) is 0 Å². The van der Waals surface area contributed by atoms with Crippen LogP contribution in [0, 0.1) is 0 Å². The number of rotatable bonds is 1. The summed E-state index contributed by atoms with van der Waals surface area (Å²) in [4.78, 5) is 1.32. The second-order valence-corrected chi connectivity index (χ2v) is 4.50. The molecule has 0 saturated carbocycles. The van der Waals surface area contributed by atoms with Crippen molar-refractivity contribution in [3.63, 3.8) is 0 Å². The van der Waals surface area contributed by atoms with Crippen molar-refractivity contribution in [3.05, 3.63) is 27.4 Å². The highest BCUT2D eigenvalue weighted by molar-refractivity contribution is 7.17. The Balaban J connectivity index is 0.000000845. The van der Waals surface area contributed by atoms with E-state index in [-0.39, 0.29) is 12.4 Å². The highest BCUT2D eigenvalue weighted by Gasteiger charge is 2.07. The molecule has 72 valence electrons. The van der Waals surface area contributed by atoms with E-state index in [1.165, 1.54) is 10.5 Å². The van der Waals surface area contributed by atoms with Crippen LogP contribution in [0.4, 0.5) is 0 Å². The molecule has 0 spiro atoms. The van der Waals surface area contributed by atoms with Crippen molar-refractivity contribution < 1.29 is 0 Å². The largest absolute Gasteiger partial charge is 0.313 e. The van der Waals surface area contributed by atoms with E-state index in [9.17, 15) is 0 Å². The molecule has 0 aromatic carbocycles. The molecular formula is C9H11Cl2NS. The summed E-state index contributed by atoms with van der Waals surface area (Å²) in [6.07, 6.45) is 3.36. The van der Waals surface area contributed by atoms with Gasteiger partial charge in [-0.1, -0.05) is 17.7 Å². The lowest BCUT2D eigenvalue weighted by Crippen LogP contribution is -2.19. The molecule has 1 aliphatic heterocycles. The monoisotopic (exact) mass is 235 g/mol. The maximum atomic E-state index is 5.86. The lowest BCUT2D eigenvalue weighted by molar-refractivity contribution is 0.739. The Morgan fingerprint density at radius 2 is 2.23 bits per heavy atom. The summed E-state index contributed by atoms with van der Waals surface area (Å²) in [7, 11) is 0. The zero-order chi connectivity index (χ0) is 8.39. The number of nitrogens with one attached hydrogen (secondary N) is 1. The molecule has 0 amide bonds. The molecule has 1 aromatic rings. The van der Waals surface area contributed by atoms with Crippen LogP contribution in [-0.2, 0) is 0 Å². The van der Waals surface area contributed by atoms with E-state index in [1.54, 1.807) is 11.3 Å². The van der Waals surface area contributed by atoms with Crippen molar-refractivity contribution in [3.8, 4) is 0 Å². The second kappa shape index (κ2) is 5.01. The summed E-state index contributed by atoms with van der Waals surface area (Å²) in [6.45, 7) is 2.08. The fraction of sp³-hybridized carbons (Fsp3) is 0.333. The molecule has 0 saturated heterocycles. The van der Waals surface area contributed by atoms with Crippen LogP contribution < -0.4 is 5.32 Å².